The van der Waals surface area contributed by atoms with Crippen LogP contribution in [0, 0.1) is 10.1 Å². The Bertz CT molecular complexity index is 330. The fourth-order valence-electron chi connectivity index (χ4n) is 1.11. The van der Waals surface area contributed by atoms with Crippen molar-refractivity contribution in [3.05, 3.63) is 34.4 Å². The highest BCUT2D eigenvalue weighted by Crippen LogP contribution is 2.25. The van der Waals surface area contributed by atoms with E-state index in [2.05, 4.69) is 15.9 Å². The topological polar surface area (TPSA) is 52.4 Å². The van der Waals surface area contributed by atoms with Crippen molar-refractivity contribution in [2.45, 2.75) is 12.8 Å². The molecule has 0 radical (unpaired) electrons. The predicted molar refractivity (Wildman–Crippen MR) is 61.6 cm³/mol. The summed E-state index contributed by atoms with van der Waals surface area (Å²) >= 11 is 3.31. The highest BCUT2D eigenvalue weighted by Gasteiger charge is 2.12. The van der Waals surface area contributed by atoms with Crippen LogP contribution in [0.4, 0.5) is 5.69 Å². The van der Waals surface area contributed by atoms with E-state index in [0.29, 0.717) is 12.4 Å². The van der Waals surface area contributed by atoms with E-state index in [4.69, 9.17) is 4.74 Å². The van der Waals surface area contributed by atoms with Crippen molar-refractivity contribution < 1.29 is 9.66 Å². The monoisotopic (exact) mass is 273 g/mol. The minimum atomic E-state index is -0.431. The molecular weight excluding hydrogens is 262 g/mol. The zero-order valence-electron chi connectivity index (χ0n) is 8.19. The molecule has 0 aliphatic rings. The van der Waals surface area contributed by atoms with Gasteiger partial charge >= 0.3 is 5.69 Å². The molecule has 0 aliphatic heterocycles. The summed E-state index contributed by atoms with van der Waals surface area (Å²) in [7, 11) is 0. The van der Waals surface area contributed by atoms with Gasteiger partial charge in [-0.15, -0.1) is 0 Å². The minimum absolute atomic E-state index is 0.0244. The second-order valence-electron chi connectivity index (χ2n) is 2.97. The maximum Gasteiger partial charge on any atom is 0.310 e. The summed E-state index contributed by atoms with van der Waals surface area (Å²) in [6, 6.07) is 6.42. The Hall–Kier alpha value is -1.10. The van der Waals surface area contributed by atoms with Crippen LogP contribution in [0.2, 0.25) is 0 Å². The van der Waals surface area contributed by atoms with Crippen LogP contribution in [0.5, 0.6) is 5.75 Å². The molecule has 4 nitrogen and oxygen atoms in total. The van der Waals surface area contributed by atoms with Gasteiger partial charge in [0.1, 0.15) is 0 Å². The van der Waals surface area contributed by atoms with E-state index in [0.717, 1.165) is 18.2 Å². The van der Waals surface area contributed by atoms with Crippen LogP contribution in [-0.4, -0.2) is 16.9 Å². The van der Waals surface area contributed by atoms with Gasteiger partial charge in [0.15, 0.2) is 5.75 Å². The third-order valence-corrected chi connectivity index (χ3v) is 2.41. The van der Waals surface area contributed by atoms with Crippen LogP contribution in [0.25, 0.3) is 0 Å². The van der Waals surface area contributed by atoms with Crippen LogP contribution in [-0.2, 0) is 0 Å². The first kappa shape index (κ1) is 12.0. The number of alkyl halides is 1. The lowest BCUT2D eigenvalue weighted by molar-refractivity contribution is -0.385. The molecule has 0 aromatic heterocycles. The van der Waals surface area contributed by atoms with E-state index >= 15 is 0 Å². The molecular formula is C10H12BrNO3. The molecule has 1 aromatic carbocycles. The van der Waals surface area contributed by atoms with Crippen molar-refractivity contribution in [1.82, 2.24) is 0 Å². The van der Waals surface area contributed by atoms with Crippen LogP contribution in [0.3, 0.4) is 0 Å². The normalized spacial score (nSPS) is 9.93. The molecule has 0 spiro atoms. The van der Waals surface area contributed by atoms with Gasteiger partial charge in [-0.1, -0.05) is 28.1 Å². The lowest BCUT2D eigenvalue weighted by Gasteiger charge is -2.05. The lowest BCUT2D eigenvalue weighted by atomic mass is 10.3. The first-order chi connectivity index (χ1) is 7.25. The number of unbranched alkanes of at least 4 members (excludes halogenated alkanes) is 1. The molecule has 0 saturated heterocycles. The van der Waals surface area contributed by atoms with Crippen molar-refractivity contribution in [2.75, 3.05) is 11.9 Å². The van der Waals surface area contributed by atoms with Gasteiger partial charge in [0.05, 0.1) is 11.5 Å². The van der Waals surface area contributed by atoms with E-state index in [1.807, 2.05) is 0 Å². The number of halogens is 1. The number of nitro groups is 1. The molecule has 0 bridgehead atoms. The van der Waals surface area contributed by atoms with Gasteiger partial charge < -0.3 is 4.74 Å². The Balaban J connectivity index is 2.56. The van der Waals surface area contributed by atoms with Gasteiger partial charge in [-0.3, -0.25) is 10.1 Å². The number of benzene rings is 1. The average Bonchev–Trinajstić information content (AvgIpc) is 2.25. The lowest BCUT2D eigenvalue weighted by Crippen LogP contribution is -2.00. The first-order valence-corrected chi connectivity index (χ1v) is 5.80. The molecule has 15 heavy (non-hydrogen) atoms. The quantitative estimate of drug-likeness (QED) is 0.346. The van der Waals surface area contributed by atoms with E-state index in [-0.39, 0.29) is 5.69 Å². The molecule has 1 aromatic rings. The van der Waals surface area contributed by atoms with E-state index < -0.39 is 4.92 Å². The van der Waals surface area contributed by atoms with Gasteiger partial charge in [0.2, 0.25) is 0 Å². The van der Waals surface area contributed by atoms with Crippen molar-refractivity contribution >= 4 is 21.6 Å². The van der Waals surface area contributed by atoms with Gasteiger partial charge in [-0.2, -0.15) is 0 Å². The standard InChI is InChI=1S/C10H12BrNO3/c11-7-3-4-8-15-10-6-2-1-5-9(10)12(13)14/h1-2,5-6H,3-4,7-8H2. The third kappa shape index (κ3) is 3.87. The number of nitrogens with zero attached hydrogens (tertiary/aromatic N) is 1. The zero-order valence-corrected chi connectivity index (χ0v) is 9.77. The zero-order chi connectivity index (χ0) is 11.1. The molecule has 0 atom stereocenters. The SMILES string of the molecule is O=[N+]([O-])c1ccccc1OCCCCBr. The summed E-state index contributed by atoms with van der Waals surface area (Å²) in [4.78, 5) is 10.2. The fraction of sp³-hybridized carbons (Fsp3) is 0.400. The molecule has 0 aliphatic carbocycles. The number of hydrogen-bond acceptors (Lipinski definition) is 3. The summed E-state index contributed by atoms with van der Waals surface area (Å²) < 4.78 is 5.34. The smallest absolute Gasteiger partial charge is 0.310 e. The van der Waals surface area contributed by atoms with Crippen molar-refractivity contribution in [3.63, 3.8) is 0 Å². The number of hydrogen-bond donors (Lipinski definition) is 0. The molecule has 0 saturated carbocycles. The Morgan fingerprint density at radius 1 is 1.33 bits per heavy atom. The number of rotatable bonds is 6. The Kier molecular flexibility index (Phi) is 5.10. The van der Waals surface area contributed by atoms with Crippen LogP contribution < -0.4 is 4.74 Å². The van der Waals surface area contributed by atoms with Gasteiger partial charge in [0.25, 0.3) is 0 Å². The van der Waals surface area contributed by atoms with E-state index in [1.165, 1.54) is 6.07 Å². The van der Waals surface area contributed by atoms with E-state index in [9.17, 15) is 10.1 Å². The second kappa shape index (κ2) is 6.40. The molecule has 82 valence electrons. The minimum Gasteiger partial charge on any atom is -0.487 e. The van der Waals surface area contributed by atoms with Crippen LogP contribution in [0.15, 0.2) is 24.3 Å². The number of nitro benzene ring substituents is 1. The summed E-state index contributed by atoms with van der Waals surface area (Å²) in [5.74, 6) is 0.345. The van der Waals surface area contributed by atoms with Gasteiger partial charge in [-0.05, 0) is 18.9 Å². The third-order valence-electron chi connectivity index (χ3n) is 1.85. The summed E-state index contributed by atoms with van der Waals surface area (Å²) in [5, 5.41) is 11.6. The van der Waals surface area contributed by atoms with Crippen molar-refractivity contribution in [3.8, 4) is 5.75 Å². The summed E-state index contributed by atoms with van der Waals surface area (Å²) in [6.45, 7) is 0.510. The maximum absolute atomic E-state index is 10.6. The second-order valence-corrected chi connectivity index (χ2v) is 3.76. The largest absolute Gasteiger partial charge is 0.487 e. The average molecular weight is 274 g/mol. The van der Waals surface area contributed by atoms with Gasteiger partial charge in [0, 0.05) is 11.4 Å². The Morgan fingerprint density at radius 2 is 2.07 bits per heavy atom. The number of para-hydroxylation sites is 2. The molecule has 1 rings (SSSR count). The van der Waals surface area contributed by atoms with Crippen LogP contribution in [0.1, 0.15) is 12.8 Å². The highest BCUT2D eigenvalue weighted by molar-refractivity contribution is 9.09. The Morgan fingerprint density at radius 3 is 2.73 bits per heavy atom. The first-order valence-electron chi connectivity index (χ1n) is 4.68. The predicted octanol–water partition coefficient (Wildman–Crippen LogP) is 3.15. The highest BCUT2D eigenvalue weighted by atomic mass is 79.9. The summed E-state index contributed by atoms with van der Waals surface area (Å²) in [5.41, 5.74) is 0.0244. The molecule has 0 heterocycles. The Labute approximate surface area is 96.5 Å². The molecule has 5 heteroatoms. The van der Waals surface area contributed by atoms with Crippen molar-refractivity contribution in [2.24, 2.45) is 0 Å². The maximum atomic E-state index is 10.6. The molecule has 0 fully saturated rings. The van der Waals surface area contributed by atoms with E-state index in [1.54, 1.807) is 18.2 Å². The van der Waals surface area contributed by atoms with Crippen LogP contribution >= 0.6 is 15.9 Å². The molecule has 0 unspecified atom stereocenters. The van der Waals surface area contributed by atoms with Crippen molar-refractivity contribution in [1.29, 1.82) is 0 Å². The molecule has 0 amide bonds. The molecule has 0 N–H and O–H groups in total. The van der Waals surface area contributed by atoms with Gasteiger partial charge in [-0.25, -0.2) is 0 Å². The number of ether oxygens (including phenoxy) is 1. The fourth-order valence-corrected chi connectivity index (χ4v) is 1.51. The summed E-state index contributed by atoms with van der Waals surface area (Å²) in [6.07, 6.45) is 1.89.